The monoisotopic (exact) mass is 419 g/mol. The SMILES string of the molecule is CCCNC(=O)[C@@H](C)OC(=O)/C=C/c1c(C)nn(Cc2cccc(OC)c2)c1Cl. The molecule has 1 N–H and O–H groups in total. The summed E-state index contributed by atoms with van der Waals surface area (Å²) in [4.78, 5) is 23.8. The van der Waals surface area contributed by atoms with Crippen molar-refractivity contribution in [2.24, 2.45) is 0 Å². The maximum atomic E-state index is 12.0. The van der Waals surface area contributed by atoms with Crippen molar-refractivity contribution >= 4 is 29.6 Å². The molecule has 0 saturated carbocycles. The van der Waals surface area contributed by atoms with E-state index in [1.54, 1.807) is 24.8 Å². The highest BCUT2D eigenvalue weighted by Gasteiger charge is 2.16. The molecule has 29 heavy (non-hydrogen) atoms. The topological polar surface area (TPSA) is 82.5 Å². The van der Waals surface area contributed by atoms with Crippen molar-refractivity contribution in [3.63, 3.8) is 0 Å². The van der Waals surface area contributed by atoms with E-state index in [4.69, 9.17) is 21.1 Å². The molecule has 1 aromatic heterocycles. The van der Waals surface area contributed by atoms with Gasteiger partial charge in [0.2, 0.25) is 0 Å². The molecule has 0 spiro atoms. The molecule has 1 heterocycles. The Morgan fingerprint density at radius 3 is 2.83 bits per heavy atom. The molecule has 7 nitrogen and oxygen atoms in total. The molecule has 1 atom stereocenters. The van der Waals surface area contributed by atoms with Crippen LogP contribution in [0.1, 0.15) is 37.1 Å². The highest BCUT2D eigenvalue weighted by atomic mass is 35.5. The Balaban J connectivity index is 2.05. The zero-order valence-corrected chi connectivity index (χ0v) is 17.8. The van der Waals surface area contributed by atoms with Crippen molar-refractivity contribution in [1.29, 1.82) is 0 Å². The molecule has 0 saturated heterocycles. The molecule has 0 aliphatic heterocycles. The number of aromatic nitrogens is 2. The van der Waals surface area contributed by atoms with Gasteiger partial charge in [-0.1, -0.05) is 30.7 Å². The summed E-state index contributed by atoms with van der Waals surface area (Å²) < 4.78 is 12.0. The Morgan fingerprint density at radius 1 is 1.38 bits per heavy atom. The second-order valence-corrected chi connectivity index (χ2v) is 6.86. The summed E-state index contributed by atoms with van der Waals surface area (Å²) >= 11 is 6.45. The Hall–Kier alpha value is -2.80. The lowest BCUT2D eigenvalue weighted by molar-refractivity contribution is -0.150. The highest BCUT2D eigenvalue weighted by Crippen LogP contribution is 2.23. The van der Waals surface area contributed by atoms with E-state index in [0.717, 1.165) is 17.7 Å². The molecule has 0 aliphatic carbocycles. The first kappa shape index (κ1) is 22.5. The summed E-state index contributed by atoms with van der Waals surface area (Å²) in [5.41, 5.74) is 2.28. The van der Waals surface area contributed by atoms with E-state index in [2.05, 4.69) is 10.4 Å². The van der Waals surface area contributed by atoms with Gasteiger partial charge in [0, 0.05) is 18.2 Å². The van der Waals surface area contributed by atoms with Crippen LogP contribution in [0.3, 0.4) is 0 Å². The summed E-state index contributed by atoms with van der Waals surface area (Å²) in [5.74, 6) is -0.198. The number of rotatable bonds is 9. The zero-order chi connectivity index (χ0) is 21.4. The summed E-state index contributed by atoms with van der Waals surface area (Å²) in [6, 6.07) is 7.62. The van der Waals surface area contributed by atoms with Crippen molar-refractivity contribution in [2.45, 2.75) is 39.8 Å². The van der Waals surface area contributed by atoms with Gasteiger partial charge in [-0.25, -0.2) is 9.48 Å². The Bertz CT molecular complexity index is 892. The molecular formula is C21H26ClN3O4. The number of nitrogens with one attached hydrogen (secondary N) is 1. The molecule has 0 bridgehead atoms. The maximum absolute atomic E-state index is 12.0. The zero-order valence-electron chi connectivity index (χ0n) is 17.1. The smallest absolute Gasteiger partial charge is 0.331 e. The van der Waals surface area contributed by atoms with Gasteiger partial charge in [-0.2, -0.15) is 5.10 Å². The molecule has 0 unspecified atom stereocenters. The fraction of sp³-hybridized carbons (Fsp3) is 0.381. The van der Waals surface area contributed by atoms with Crippen LogP contribution in [0.25, 0.3) is 6.08 Å². The van der Waals surface area contributed by atoms with E-state index in [-0.39, 0.29) is 5.91 Å². The van der Waals surface area contributed by atoms with Gasteiger partial charge in [-0.3, -0.25) is 4.79 Å². The Kier molecular flexibility index (Phi) is 8.27. The lowest BCUT2D eigenvalue weighted by atomic mass is 10.2. The summed E-state index contributed by atoms with van der Waals surface area (Å²) in [6.07, 6.45) is 2.73. The van der Waals surface area contributed by atoms with E-state index in [9.17, 15) is 9.59 Å². The second kappa shape index (κ2) is 10.7. The number of halogens is 1. The number of hydrogen-bond acceptors (Lipinski definition) is 5. The van der Waals surface area contributed by atoms with Gasteiger partial charge in [0.25, 0.3) is 5.91 Å². The number of nitrogens with zero attached hydrogens (tertiary/aromatic N) is 2. The number of hydrogen-bond donors (Lipinski definition) is 1. The molecule has 1 aromatic carbocycles. The van der Waals surface area contributed by atoms with E-state index in [0.29, 0.717) is 29.5 Å². The number of aryl methyl sites for hydroxylation is 1. The minimum Gasteiger partial charge on any atom is -0.497 e. The molecule has 0 aliphatic rings. The van der Waals surface area contributed by atoms with Crippen molar-refractivity contribution in [2.75, 3.05) is 13.7 Å². The van der Waals surface area contributed by atoms with Crippen LogP contribution in [0, 0.1) is 6.92 Å². The molecule has 0 radical (unpaired) electrons. The number of methoxy groups -OCH3 is 1. The van der Waals surface area contributed by atoms with Crippen molar-refractivity contribution in [1.82, 2.24) is 15.1 Å². The molecule has 2 rings (SSSR count). The van der Waals surface area contributed by atoms with E-state index in [1.165, 1.54) is 13.0 Å². The molecule has 156 valence electrons. The summed E-state index contributed by atoms with van der Waals surface area (Å²) in [6.45, 7) is 6.28. The average Bonchev–Trinajstić information content (AvgIpc) is 2.97. The van der Waals surface area contributed by atoms with Crippen LogP contribution in [-0.2, 0) is 20.9 Å². The van der Waals surface area contributed by atoms with Crippen LogP contribution < -0.4 is 10.1 Å². The first-order valence-electron chi connectivity index (χ1n) is 9.38. The van der Waals surface area contributed by atoms with Gasteiger partial charge < -0.3 is 14.8 Å². The number of carbonyl (C=O) groups is 2. The van der Waals surface area contributed by atoms with E-state index >= 15 is 0 Å². The second-order valence-electron chi connectivity index (χ2n) is 6.50. The van der Waals surface area contributed by atoms with E-state index in [1.807, 2.05) is 31.2 Å². The lowest BCUT2D eigenvalue weighted by Crippen LogP contribution is -2.35. The van der Waals surface area contributed by atoms with Gasteiger partial charge in [0.1, 0.15) is 10.9 Å². The third kappa shape index (κ3) is 6.35. The third-order valence-electron chi connectivity index (χ3n) is 4.17. The minimum atomic E-state index is -0.869. The molecule has 1 amide bonds. The van der Waals surface area contributed by atoms with Crippen LogP contribution in [0.15, 0.2) is 30.3 Å². The van der Waals surface area contributed by atoms with Gasteiger partial charge in [-0.05, 0) is 44.0 Å². The Labute approximate surface area is 175 Å². The fourth-order valence-corrected chi connectivity index (χ4v) is 2.91. The van der Waals surface area contributed by atoms with Crippen LogP contribution in [0.2, 0.25) is 5.15 Å². The van der Waals surface area contributed by atoms with Gasteiger partial charge >= 0.3 is 5.97 Å². The molecule has 0 fully saturated rings. The first-order chi connectivity index (χ1) is 13.8. The molecular weight excluding hydrogens is 394 g/mol. The molecule has 2 aromatic rings. The van der Waals surface area contributed by atoms with Crippen LogP contribution in [-0.4, -0.2) is 41.4 Å². The van der Waals surface area contributed by atoms with Crippen LogP contribution >= 0.6 is 11.6 Å². The number of benzene rings is 1. The number of esters is 1. The standard InChI is InChI=1S/C21H26ClN3O4/c1-5-11-23-21(27)15(3)29-19(26)10-9-18-14(2)24-25(20(18)22)13-16-7-6-8-17(12-16)28-4/h6-10,12,15H,5,11,13H2,1-4H3,(H,23,27)/b10-9+/t15-/m1/s1. The maximum Gasteiger partial charge on any atom is 0.331 e. The van der Waals surface area contributed by atoms with Crippen molar-refractivity contribution < 1.29 is 19.1 Å². The van der Waals surface area contributed by atoms with Crippen LogP contribution in [0.4, 0.5) is 0 Å². The largest absolute Gasteiger partial charge is 0.497 e. The quantitative estimate of drug-likeness (QED) is 0.497. The highest BCUT2D eigenvalue weighted by molar-refractivity contribution is 6.31. The number of carbonyl (C=O) groups excluding carboxylic acids is 2. The lowest BCUT2D eigenvalue weighted by Gasteiger charge is -2.11. The average molecular weight is 420 g/mol. The van der Waals surface area contributed by atoms with Crippen molar-refractivity contribution in [3.8, 4) is 5.75 Å². The van der Waals surface area contributed by atoms with Crippen LogP contribution in [0.5, 0.6) is 5.75 Å². The third-order valence-corrected chi connectivity index (χ3v) is 4.57. The predicted octanol–water partition coefficient (Wildman–Crippen LogP) is 3.37. The Morgan fingerprint density at radius 2 is 2.14 bits per heavy atom. The van der Waals surface area contributed by atoms with Gasteiger partial charge in [0.05, 0.1) is 19.3 Å². The summed E-state index contributed by atoms with van der Waals surface area (Å²) in [7, 11) is 1.61. The first-order valence-corrected chi connectivity index (χ1v) is 9.75. The number of amides is 1. The fourth-order valence-electron chi connectivity index (χ4n) is 2.62. The predicted molar refractivity (Wildman–Crippen MR) is 112 cm³/mol. The normalized spacial score (nSPS) is 12.0. The van der Waals surface area contributed by atoms with E-state index < -0.39 is 12.1 Å². The number of ether oxygens (including phenoxy) is 2. The van der Waals surface area contributed by atoms with Crippen molar-refractivity contribution in [3.05, 3.63) is 52.3 Å². The minimum absolute atomic E-state index is 0.325. The molecule has 8 heteroatoms. The summed E-state index contributed by atoms with van der Waals surface area (Å²) in [5, 5.41) is 7.52. The van der Waals surface area contributed by atoms with Gasteiger partial charge in [-0.15, -0.1) is 0 Å². The van der Waals surface area contributed by atoms with Gasteiger partial charge in [0.15, 0.2) is 6.10 Å².